The number of hydrogen-bond donors (Lipinski definition) is 3. The van der Waals surface area contributed by atoms with Gasteiger partial charge in [0.1, 0.15) is 0 Å². The molecular formula is CH6CaClNaO4. The Morgan fingerprint density at radius 1 is 1.38 bits per heavy atom. The van der Waals surface area contributed by atoms with Gasteiger partial charge in [-0.2, -0.15) is 0 Å². The fraction of sp³-hybridized carbons (Fsp3) is 0. The van der Waals surface area contributed by atoms with Gasteiger partial charge in [0.25, 0.3) is 0 Å². The predicted molar refractivity (Wildman–Crippen MR) is 27.8 cm³/mol. The van der Waals surface area contributed by atoms with Gasteiger partial charge >= 0.3 is 73.5 Å². The minimum atomic E-state index is -1.83. The van der Waals surface area contributed by atoms with E-state index in [0.717, 1.165) is 0 Å². The van der Waals surface area contributed by atoms with Crippen LogP contribution in [0.25, 0.3) is 0 Å². The van der Waals surface area contributed by atoms with E-state index in [1.165, 1.54) is 0 Å². The van der Waals surface area contributed by atoms with Gasteiger partial charge < -0.3 is 14.5 Å². The molecule has 0 unspecified atom stereocenters. The standard InChI is InChI=1S/CH2O3.Ca.ClHO.Na.3H/c2-1(3)4;;1-2;;;;/h(H2,2,3,4);;2H;;;;/q;+2;;+1;3*-1. The van der Waals surface area contributed by atoms with Gasteiger partial charge in [-0.3, -0.25) is 4.66 Å². The molecule has 0 radical (unpaired) electrons. The summed E-state index contributed by atoms with van der Waals surface area (Å²) in [5.74, 6) is 0. The zero-order valence-electron chi connectivity index (χ0n) is 7.33. The fourth-order valence-electron chi connectivity index (χ4n) is 0. The van der Waals surface area contributed by atoms with E-state index in [1.54, 1.807) is 0 Å². The van der Waals surface area contributed by atoms with Crippen LogP contribution in [0.15, 0.2) is 0 Å². The van der Waals surface area contributed by atoms with E-state index in [4.69, 9.17) is 19.7 Å². The molecule has 0 aliphatic carbocycles. The monoisotopic (exact) mass is 180 g/mol. The second kappa shape index (κ2) is 23.3. The van der Waals surface area contributed by atoms with Crippen molar-refractivity contribution in [3.8, 4) is 0 Å². The molecule has 0 spiro atoms. The molecule has 44 valence electrons. The van der Waals surface area contributed by atoms with Gasteiger partial charge in [-0.15, -0.1) is 0 Å². The van der Waals surface area contributed by atoms with Crippen LogP contribution in [-0.2, 0) is 0 Å². The van der Waals surface area contributed by atoms with Crippen molar-refractivity contribution in [3.05, 3.63) is 0 Å². The molecule has 3 N–H and O–H groups in total. The molecule has 7 heteroatoms. The van der Waals surface area contributed by atoms with Gasteiger partial charge in [0.15, 0.2) is 0 Å². The topological polar surface area (TPSA) is 77.8 Å². The largest absolute Gasteiger partial charge is 2.00 e. The van der Waals surface area contributed by atoms with Crippen molar-refractivity contribution in [2.75, 3.05) is 0 Å². The van der Waals surface area contributed by atoms with Crippen molar-refractivity contribution in [1.29, 1.82) is 0 Å². The summed E-state index contributed by atoms with van der Waals surface area (Å²) in [7, 11) is 0. The Balaban J connectivity index is -0.00000000432. The van der Waals surface area contributed by atoms with E-state index in [1.807, 2.05) is 0 Å². The number of hydrogen-bond acceptors (Lipinski definition) is 2. The first kappa shape index (κ1) is 22.6. The van der Waals surface area contributed by atoms with E-state index in [0.29, 0.717) is 0 Å². The van der Waals surface area contributed by atoms with Crippen molar-refractivity contribution in [1.82, 2.24) is 0 Å². The van der Waals surface area contributed by atoms with Crippen LogP contribution >= 0.6 is 11.9 Å². The molecule has 4 nitrogen and oxygen atoms in total. The molecule has 0 aromatic carbocycles. The average Bonchev–Trinajstić information content (AvgIpc) is 1.41. The molecule has 0 aromatic heterocycles. The molecule has 8 heavy (non-hydrogen) atoms. The van der Waals surface area contributed by atoms with Crippen LogP contribution in [0.5, 0.6) is 0 Å². The van der Waals surface area contributed by atoms with Crippen molar-refractivity contribution in [3.63, 3.8) is 0 Å². The van der Waals surface area contributed by atoms with Gasteiger partial charge in [-0.25, -0.2) is 4.79 Å². The quantitative estimate of drug-likeness (QED) is 0.355. The van der Waals surface area contributed by atoms with Crippen molar-refractivity contribution < 1.29 is 53.5 Å². The summed E-state index contributed by atoms with van der Waals surface area (Å²) in [6.45, 7) is 0. The Morgan fingerprint density at radius 3 is 1.38 bits per heavy atom. The van der Waals surface area contributed by atoms with Crippen LogP contribution in [-0.4, -0.2) is 58.8 Å². The van der Waals surface area contributed by atoms with Crippen LogP contribution in [0, 0.1) is 0 Å². The minimum Gasteiger partial charge on any atom is -1.00 e. The third-order valence-corrected chi connectivity index (χ3v) is 0. The van der Waals surface area contributed by atoms with Gasteiger partial charge in [0, 0.05) is 0 Å². The molecule has 0 saturated carbocycles. The van der Waals surface area contributed by atoms with Gasteiger partial charge in [-0.1, -0.05) is 0 Å². The number of rotatable bonds is 0. The number of carbonyl (C=O) groups is 1. The Bertz CT molecular complexity index is 48.3. The summed E-state index contributed by atoms with van der Waals surface area (Å²) in [5, 5.41) is 13.9. The normalized spacial score (nSPS) is 3.75. The molecule has 0 amide bonds. The molecule has 0 rings (SSSR count). The molecule has 0 aliphatic rings. The first-order valence-electron chi connectivity index (χ1n) is 0.820. The van der Waals surface area contributed by atoms with Crippen LogP contribution in [0.2, 0.25) is 0 Å². The van der Waals surface area contributed by atoms with E-state index in [2.05, 4.69) is 11.9 Å². The maximum Gasteiger partial charge on any atom is 2.00 e. The summed E-state index contributed by atoms with van der Waals surface area (Å²) < 4.78 is 6.47. The Hall–Kier alpha value is 1.78. The Morgan fingerprint density at radius 2 is 1.38 bits per heavy atom. The molecule has 0 aromatic rings. The molecule has 0 atom stereocenters. The number of halogens is 1. The van der Waals surface area contributed by atoms with Crippen molar-refractivity contribution in [2.24, 2.45) is 0 Å². The van der Waals surface area contributed by atoms with Gasteiger partial charge in [0.2, 0.25) is 0 Å². The third-order valence-electron chi connectivity index (χ3n) is 0. The van der Waals surface area contributed by atoms with Crippen LogP contribution in [0.3, 0.4) is 0 Å². The zero-order chi connectivity index (χ0) is 5.58. The van der Waals surface area contributed by atoms with Crippen molar-refractivity contribution >= 4 is 55.8 Å². The predicted octanol–water partition coefficient (Wildman–Crippen LogP) is -2.68. The van der Waals surface area contributed by atoms with Crippen LogP contribution < -0.4 is 29.6 Å². The third kappa shape index (κ3) is 113. The summed E-state index contributed by atoms with van der Waals surface area (Å²) in [6.07, 6.45) is -1.83. The summed E-state index contributed by atoms with van der Waals surface area (Å²) in [4.78, 5) is 8.56. The molecular weight excluding hydrogens is 175 g/mol. The fourth-order valence-corrected chi connectivity index (χ4v) is 0. The first-order valence-corrected chi connectivity index (χ1v) is 1.16. The van der Waals surface area contributed by atoms with E-state index in [-0.39, 0.29) is 71.6 Å². The van der Waals surface area contributed by atoms with Gasteiger partial charge in [0.05, 0.1) is 11.9 Å². The molecule has 0 bridgehead atoms. The van der Waals surface area contributed by atoms with Crippen LogP contribution in [0.1, 0.15) is 4.28 Å². The smallest absolute Gasteiger partial charge is 1.00 e. The first-order chi connectivity index (χ1) is 2.73. The van der Waals surface area contributed by atoms with E-state index in [9.17, 15) is 0 Å². The summed E-state index contributed by atoms with van der Waals surface area (Å²) >= 11 is 3.64. The van der Waals surface area contributed by atoms with E-state index >= 15 is 0 Å². The second-order valence-electron chi connectivity index (χ2n) is 0.283. The molecule has 0 heterocycles. The molecule has 0 aliphatic heterocycles. The number of carboxylic acid groups (broad SMARTS) is 2. The minimum absolute atomic E-state index is 0. The SMILES string of the molecule is O=C(O)O.OCl.[Ca+2].[H-].[H-].[H-].[Na+]. The second-order valence-corrected chi connectivity index (χ2v) is 0.283. The van der Waals surface area contributed by atoms with E-state index < -0.39 is 6.16 Å². The Kier molecular flexibility index (Phi) is 65.6. The molecule has 0 fully saturated rings. The maximum absolute atomic E-state index is 8.56. The molecule has 0 saturated heterocycles. The van der Waals surface area contributed by atoms with Crippen LogP contribution in [0.4, 0.5) is 4.79 Å². The van der Waals surface area contributed by atoms with Crippen molar-refractivity contribution in [2.45, 2.75) is 0 Å². The maximum atomic E-state index is 8.56. The average molecular weight is 181 g/mol. The van der Waals surface area contributed by atoms with Gasteiger partial charge in [-0.05, 0) is 0 Å². The Labute approximate surface area is 108 Å². The summed E-state index contributed by atoms with van der Waals surface area (Å²) in [6, 6.07) is 0. The zero-order valence-corrected chi connectivity index (χ0v) is 9.30. The summed E-state index contributed by atoms with van der Waals surface area (Å²) in [5.41, 5.74) is 0.